The Kier molecular flexibility index (Phi) is 3.20. The molecule has 1 aliphatic carbocycles. The van der Waals surface area contributed by atoms with E-state index in [1.165, 1.54) is 29.8 Å². The van der Waals surface area contributed by atoms with E-state index >= 15 is 0 Å². The molecule has 0 aliphatic heterocycles. The van der Waals surface area contributed by atoms with E-state index in [0.29, 0.717) is 0 Å². The third-order valence-electron chi connectivity index (χ3n) is 3.57. The van der Waals surface area contributed by atoms with Crippen molar-refractivity contribution in [3.05, 3.63) is 32.9 Å². The maximum absolute atomic E-state index is 6.29. The molecule has 0 saturated carbocycles. The molecule has 0 spiro atoms. The Morgan fingerprint density at radius 3 is 2.83 bits per heavy atom. The van der Waals surface area contributed by atoms with Crippen LogP contribution in [0.4, 0.5) is 5.69 Å². The highest BCUT2D eigenvalue weighted by Gasteiger charge is 2.19. The van der Waals surface area contributed by atoms with Gasteiger partial charge >= 0.3 is 0 Å². The third-order valence-corrected chi connectivity index (χ3v) is 4.53. The van der Waals surface area contributed by atoms with Crippen molar-refractivity contribution in [2.75, 3.05) is 12.4 Å². The first-order valence-electron chi connectivity index (χ1n) is 6.19. The number of anilines is 1. The van der Waals surface area contributed by atoms with Gasteiger partial charge in [0.1, 0.15) is 0 Å². The van der Waals surface area contributed by atoms with Crippen LogP contribution in [-0.4, -0.2) is 12.0 Å². The molecule has 4 heteroatoms. The fraction of sp³-hybridized carbons (Fsp3) is 0.357. The van der Waals surface area contributed by atoms with Crippen molar-refractivity contribution in [1.82, 2.24) is 4.98 Å². The number of aryl methyl sites for hydroxylation is 1. The minimum atomic E-state index is 0.720. The molecule has 0 unspecified atom stereocenters. The Balaban J connectivity index is 2.44. The van der Waals surface area contributed by atoms with Gasteiger partial charge in [0.25, 0.3) is 0 Å². The van der Waals surface area contributed by atoms with Crippen molar-refractivity contribution in [1.29, 1.82) is 0 Å². The number of hydrogen-bond acceptors (Lipinski definition) is 2. The van der Waals surface area contributed by atoms with Crippen LogP contribution in [-0.2, 0) is 12.8 Å². The number of benzene rings is 1. The highest BCUT2D eigenvalue weighted by Crippen LogP contribution is 2.39. The smallest absolute Gasteiger partial charge is 0.0923 e. The van der Waals surface area contributed by atoms with Gasteiger partial charge in [-0.2, -0.15) is 0 Å². The Bertz CT molecular complexity index is 625. The summed E-state index contributed by atoms with van der Waals surface area (Å²) in [5.41, 5.74) is 4.65. The van der Waals surface area contributed by atoms with Crippen molar-refractivity contribution in [3.8, 4) is 0 Å². The largest absolute Gasteiger partial charge is 0.387 e. The molecule has 0 fully saturated rings. The maximum atomic E-state index is 6.29. The standard InChI is InChI=1S/C14H14BrClN2/c1-17-13-8-4-2-3-5-11(8)18-14-10(16)7-6-9(15)12(13)14/h6-7H,2-5H2,1H3,(H,17,18). The number of rotatable bonds is 1. The lowest BCUT2D eigenvalue weighted by Gasteiger charge is -2.21. The van der Waals surface area contributed by atoms with E-state index in [4.69, 9.17) is 16.6 Å². The average molecular weight is 326 g/mol. The van der Waals surface area contributed by atoms with Gasteiger partial charge in [-0.15, -0.1) is 0 Å². The highest BCUT2D eigenvalue weighted by atomic mass is 79.9. The second kappa shape index (κ2) is 4.71. The molecule has 1 aromatic carbocycles. The molecule has 18 heavy (non-hydrogen) atoms. The maximum Gasteiger partial charge on any atom is 0.0923 e. The molecule has 3 rings (SSSR count). The minimum absolute atomic E-state index is 0.720. The second-order valence-corrected chi connectivity index (χ2v) is 5.88. The minimum Gasteiger partial charge on any atom is -0.387 e. The Hall–Kier alpha value is -0.800. The Morgan fingerprint density at radius 2 is 2.06 bits per heavy atom. The molecular formula is C14H14BrClN2. The molecule has 2 nitrogen and oxygen atoms in total. The summed E-state index contributed by atoms with van der Waals surface area (Å²) in [7, 11) is 1.97. The monoisotopic (exact) mass is 324 g/mol. The van der Waals surface area contributed by atoms with Gasteiger partial charge in [-0.3, -0.25) is 4.98 Å². The summed E-state index contributed by atoms with van der Waals surface area (Å²) in [5, 5.41) is 5.16. The number of nitrogens with zero attached hydrogens (tertiary/aromatic N) is 1. The van der Waals surface area contributed by atoms with Crippen molar-refractivity contribution < 1.29 is 0 Å². The van der Waals surface area contributed by atoms with E-state index < -0.39 is 0 Å². The Labute approximate surface area is 120 Å². The number of aromatic nitrogens is 1. The summed E-state index contributed by atoms with van der Waals surface area (Å²) in [6, 6.07) is 3.89. The van der Waals surface area contributed by atoms with Crippen molar-refractivity contribution in [2.24, 2.45) is 0 Å². The lowest BCUT2D eigenvalue weighted by molar-refractivity contribution is 0.672. The first kappa shape index (κ1) is 12.2. The van der Waals surface area contributed by atoms with Gasteiger partial charge in [0, 0.05) is 28.3 Å². The molecule has 1 aromatic heterocycles. The van der Waals surface area contributed by atoms with Crippen molar-refractivity contribution >= 4 is 44.1 Å². The number of nitrogens with one attached hydrogen (secondary N) is 1. The van der Waals surface area contributed by atoms with E-state index in [-0.39, 0.29) is 0 Å². The van der Waals surface area contributed by atoms with E-state index in [2.05, 4.69) is 21.2 Å². The summed E-state index contributed by atoms with van der Waals surface area (Å²) < 4.78 is 1.05. The van der Waals surface area contributed by atoms with Crippen LogP contribution in [0.1, 0.15) is 24.1 Å². The van der Waals surface area contributed by atoms with E-state index in [9.17, 15) is 0 Å². The molecule has 0 amide bonds. The van der Waals surface area contributed by atoms with Crippen molar-refractivity contribution in [2.45, 2.75) is 25.7 Å². The molecule has 94 valence electrons. The summed E-state index contributed by atoms with van der Waals surface area (Å²) in [5.74, 6) is 0. The first-order valence-corrected chi connectivity index (χ1v) is 7.36. The molecule has 0 bridgehead atoms. The van der Waals surface area contributed by atoms with Gasteiger partial charge in [-0.25, -0.2) is 0 Å². The summed E-state index contributed by atoms with van der Waals surface area (Å²) in [6.07, 6.45) is 4.63. The van der Waals surface area contributed by atoms with E-state index in [1.807, 2.05) is 19.2 Å². The lowest BCUT2D eigenvalue weighted by atomic mass is 9.93. The Morgan fingerprint density at radius 1 is 1.28 bits per heavy atom. The molecule has 1 aliphatic rings. The van der Waals surface area contributed by atoms with Crippen LogP contribution < -0.4 is 5.32 Å². The number of hydrogen-bond donors (Lipinski definition) is 1. The molecule has 0 radical (unpaired) electrons. The van der Waals surface area contributed by atoms with Crippen molar-refractivity contribution in [3.63, 3.8) is 0 Å². The molecule has 1 N–H and O–H groups in total. The van der Waals surface area contributed by atoms with Gasteiger partial charge in [0.15, 0.2) is 0 Å². The zero-order valence-corrected chi connectivity index (χ0v) is 12.5. The van der Waals surface area contributed by atoms with E-state index in [0.717, 1.165) is 33.2 Å². The fourth-order valence-electron chi connectivity index (χ4n) is 2.73. The summed E-state index contributed by atoms with van der Waals surface area (Å²) in [4.78, 5) is 4.78. The quantitative estimate of drug-likeness (QED) is 0.830. The molecule has 1 heterocycles. The molecule has 0 saturated heterocycles. The van der Waals surface area contributed by atoms with E-state index in [1.54, 1.807) is 0 Å². The van der Waals surface area contributed by atoms with Crippen LogP contribution in [0.25, 0.3) is 10.9 Å². The van der Waals surface area contributed by atoms with Crippen LogP contribution in [0.5, 0.6) is 0 Å². The highest BCUT2D eigenvalue weighted by molar-refractivity contribution is 9.10. The van der Waals surface area contributed by atoms with Gasteiger partial charge in [-0.1, -0.05) is 27.5 Å². The fourth-order valence-corrected chi connectivity index (χ4v) is 3.45. The number of pyridine rings is 1. The molecule has 0 atom stereocenters. The van der Waals surface area contributed by atoms with Crippen LogP contribution >= 0.6 is 27.5 Å². The normalized spacial score (nSPS) is 14.6. The van der Waals surface area contributed by atoms with Crippen LogP contribution in [0.3, 0.4) is 0 Å². The lowest BCUT2D eigenvalue weighted by Crippen LogP contribution is -2.10. The number of fused-ring (bicyclic) bond motifs is 2. The first-order chi connectivity index (χ1) is 8.72. The third kappa shape index (κ3) is 1.81. The second-order valence-electron chi connectivity index (χ2n) is 4.62. The predicted molar refractivity (Wildman–Crippen MR) is 80.6 cm³/mol. The topological polar surface area (TPSA) is 24.9 Å². The average Bonchev–Trinajstić information content (AvgIpc) is 2.41. The zero-order valence-electron chi connectivity index (χ0n) is 10.2. The van der Waals surface area contributed by atoms with Crippen LogP contribution in [0.2, 0.25) is 5.02 Å². The number of halogens is 2. The van der Waals surface area contributed by atoms with Gasteiger partial charge in [0.05, 0.1) is 10.5 Å². The predicted octanol–water partition coefficient (Wildman–Crippen LogP) is 4.57. The van der Waals surface area contributed by atoms with Gasteiger partial charge < -0.3 is 5.32 Å². The SMILES string of the molecule is CNc1c2c(nc3c(Cl)ccc(Br)c13)CCCC2. The van der Waals surface area contributed by atoms with Crippen LogP contribution in [0.15, 0.2) is 16.6 Å². The molecular weight excluding hydrogens is 312 g/mol. The van der Waals surface area contributed by atoms with Gasteiger partial charge in [0.2, 0.25) is 0 Å². The zero-order chi connectivity index (χ0) is 12.7. The van der Waals surface area contributed by atoms with Crippen LogP contribution in [0, 0.1) is 0 Å². The summed E-state index contributed by atoms with van der Waals surface area (Å²) in [6.45, 7) is 0. The molecule has 2 aromatic rings. The summed E-state index contributed by atoms with van der Waals surface area (Å²) >= 11 is 9.90. The van der Waals surface area contributed by atoms with Gasteiger partial charge in [-0.05, 0) is 43.4 Å².